The highest BCUT2D eigenvalue weighted by Gasteiger charge is 2.17. The van der Waals surface area contributed by atoms with Gasteiger partial charge in [-0.2, -0.15) is 0 Å². The van der Waals surface area contributed by atoms with Crippen LogP contribution < -0.4 is 0 Å². The van der Waals surface area contributed by atoms with Crippen molar-refractivity contribution in [2.45, 2.75) is 31.7 Å². The Hall–Kier alpha value is -1.03. The molecule has 5 heteroatoms. The van der Waals surface area contributed by atoms with Crippen LogP contribution in [0.2, 0.25) is 0 Å². The van der Waals surface area contributed by atoms with Gasteiger partial charge in [0.15, 0.2) is 0 Å². The summed E-state index contributed by atoms with van der Waals surface area (Å²) in [5.41, 5.74) is 0.895. The molecule has 0 saturated carbocycles. The van der Waals surface area contributed by atoms with E-state index < -0.39 is 0 Å². The molecule has 1 aliphatic heterocycles. The standard InChI is InChI=1S/C11H16ClN3O/c12-6-10-7-13-9-15(10)8-11(16)14-4-2-1-3-5-14/h7,9H,1-6,8H2. The summed E-state index contributed by atoms with van der Waals surface area (Å²) in [6.07, 6.45) is 6.86. The van der Waals surface area contributed by atoms with E-state index in [1.807, 2.05) is 9.47 Å². The molecule has 1 amide bonds. The number of carbonyl (C=O) groups excluding carboxylic acids is 1. The highest BCUT2D eigenvalue weighted by atomic mass is 35.5. The SMILES string of the molecule is O=C(Cn1cncc1CCl)N1CCCCC1. The van der Waals surface area contributed by atoms with E-state index >= 15 is 0 Å². The average Bonchev–Trinajstić information content (AvgIpc) is 2.77. The van der Waals surface area contributed by atoms with Gasteiger partial charge in [0.1, 0.15) is 6.54 Å². The molecular weight excluding hydrogens is 226 g/mol. The molecule has 4 nitrogen and oxygen atoms in total. The van der Waals surface area contributed by atoms with Gasteiger partial charge in [-0.25, -0.2) is 4.98 Å². The summed E-state index contributed by atoms with van der Waals surface area (Å²) in [6.45, 7) is 2.15. The van der Waals surface area contributed by atoms with Gasteiger partial charge in [0.2, 0.25) is 5.91 Å². The van der Waals surface area contributed by atoms with E-state index in [4.69, 9.17) is 11.6 Å². The lowest BCUT2D eigenvalue weighted by molar-refractivity contribution is -0.132. The zero-order chi connectivity index (χ0) is 11.4. The number of nitrogens with zero attached hydrogens (tertiary/aromatic N) is 3. The fourth-order valence-corrected chi connectivity index (χ4v) is 2.21. The number of amides is 1. The van der Waals surface area contributed by atoms with Crippen molar-refractivity contribution in [2.75, 3.05) is 13.1 Å². The van der Waals surface area contributed by atoms with Crippen LogP contribution >= 0.6 is 11.6 Å². The summed E-state index contributed by atoms with van der Waals surface area (Å²) in [4.78, 5) is 17.9. The van der Waals surface area contributed by atoms with E-state index in [-0.39, 0.29) is 5.91 Å². The molecule has 1 aliphatic rings. The minimum absolute atomic E-state index is 0.170. The van der Waals surface area contributed by atoms with Crippen molar-refractivity contribution < 1.29 is 4.79 Å². The third-order valence-electron chi connectivity index (χ3n) is 2.95. The molecular formula is C11H16ClN3O. The molecule has 1 saturated heterocycles. The number of rotatable bonds is 3. The first kappa shape index (κ1) is 11.5. The van der Waals surface area contributed by atoms with Crippen molar-refractivity contribution in [1.82, 2.24) is 14.5 Å². The highest BCUT2D eigenvalue weighted by molar-refractivity contribution is 6.16. The zero-order valence-corrected chi connectivity index (χ0v) is 9.99. The fourth-order valence-electron chi connectivity index (χ4n) is 1.99. The molecule has 0 atom stereocenters. The Morgan fingerprint density at radius 3 is 2.81 bits per heavy atom. The summed E-state index contributed by atoms with van der Waals surface area (Å²) < 4.78 is 1.82. The fraction of sp³-hybridized carbons (Fsp3) is 0.636. The van der Waals surface area contributed by atoms with Crippen LogP contribution in [-0.2, 0) is 17.2 Å². The molecule has 88 valence electrons. The Morgan fingerprint density at radius 1 is 1.38 bits per heavy atom. The smallest absolute Gasteiger partial charge is 0.242 e. The third kappa shape index (κ3) is 2.55. The summed E-state index contributed by atoms with van der Waals surface area (Å²) >= 11 is 5.76. The molecule has 1 aromatic heterocycles. The van der Waals surface area contributed by atoms with Crippen LogP contribution in [0.25, 0.3) is 0 Å². The number of carbonyl (C=O) groups is 1. The number of imidazole rings is 1. The molecule has 0 bridgehead atoms. The van der Waals surface area contributed by atoms with E-state index in [0.29, 0.717) is 12.4 Å². The summed E-state index contributed by atoms with van der Waals surface area (Å²) in [6, 6.07) is 0. The molecule has 16 heavy (non-hydrogen) atoms. The lowest BCUT2D eigenvalue weighted by Gasteiger charge is -2.27. The van der Waals surface area contributed by atoms with Gasteiger partial charge >= 0.3 is 0 Å². The molecule has 2 heterocycles. The molecule has 0 spiro atoms. The van der Waals surface area contributed by atoms with E-state index in [0.717, 1.165) is 31.6 Å². The Morgan fingerprint density at radius 2 is 2.12 bits per heavy atom. The van der Waals surface area contributed by atoms with Crippen molar-refractivity contribution >= 4 is 17.5 Å². The summed E-state index contributed by atoms with van der Waals surface area (Å²) in [5, 5.41) is 0. The minimum atomic E-state index is 0.170. The Labute approximate surface area is 100 Å². The van der Waals surface area contributed by atoms with E-state index in [9.17, 15) is 4.79 Å². The van der Waals surface area contributed by atoms with Crippen LogP contribution in [-0.4, -0.2) is 33.4 Å². The van der Waals surface area contributed by atoms with Gasteiger partial charge in [0.25, 0.3) is 0 Å². The minimum Gasteiger partial charge on any atom is -0.341 e. The molecule has 1 fully saturated rings. The van der Waals surface area contributed by atoms with Crippen molar-refractivity contribution in [3.05, 3.63) is 18.2 Å². The van der Waals surface area contributed by atoms with Gasteiger partial charge in [0.05, 0.1) is 17.9 Å². The first-order valence-electron chi connectivity index (χ1n) is 5.64. The Bertz CT molecular complexity index is 358. The first-order valence-corrected chi connectivity index (χ1v) is 6.17. The van der Waals surface area contributed by atoms with Gasteiger partial charge in [-0.15, -0.1) is 11.6 Å². The van der Waals surface area contributed by atoms with Crippen LogP contribution in [0, 0.1) is 0 Å². The van der Waals surface area contributed by atoms with Gasteiger partial charge in [0, 0.05) is 19.3 Å². The number of hydrogen-bond donors (Lipinski definition) is 0. The molecule has 2 rings (SSSR count). The van der Waals surface area contributed by atoms with Crippen molar-refractivity contribution in [3.8, 4) is 0 Å². The first-order chi connectivity index (χ1) is 7.81. The van der Waals surface area contributed by atoms with Crippen LogP contribution in [0.1, 0.15) is 25.0 Å². The molecule has 0 radical (unpaired) electrons. The number of piperidine rings is 1. The second kappa shape index (κ2) is 5.34. The quantitative estimate of drug-likeness (QED) is 0.755. The maximum absolute atomic E-state index is 12.0. The summed E-state index contributed by atoms with van der Waals surface area (Å²) in [5.74, 6) is 0.567. The van der Waals surface area contributed by atoms with Crippen LogP contribution in [0.5, 0.6) is 0 Å². The topological polar surface area (TPSA) is 38.1 Å². The number of likely N-dealkylation sites (tertiary alicyclic amines) is 1. The lowest BCUT2D eigenvalue weighted by Crippen LogP contribution is -2.37. The van der Waals surface area contributed by atoms with E-state index in [1.165, 1.54) is 6.42 Å². The van der Waals surface area contributed by atoms with Gasteiger partial charge < -0.3 is 9.47 Å². The maximum Gasteiger partial charge on any atom is 0.242 e. The van der Waals surface area contributed by atoms with Gasteiger partial charge in [-0.05, 0) is 19.3 Å². The van der Waals surface area contributed by atoms with Crippen LogP contribution in [0.4, 0.5) is 0 Å². The predicted molar refractivity (Wildman–Crippen MR) is 62.2 cm³/mol. The van der Waals surface area contributed by atoms with E-state index in [1.54, 1.807) is 12.5 Å². The lowest BCUT2D eigenvalue weighted by atomic mass is 10.1. The third-order valence-corrected chi connectivity index (χ3v) is 3.22. The number of aromatic nitrogens is 2. The average molecular weight is 242 g/mol. The highest BCUT2D eigenvalue weighted by Crippen LogP contribution is 2.10. The van der Waals surface area contributed by atoms with Crippen LogP contribution in [0.15, 0.2) is 12.5 Å². The monoisotopic (exact) mass is 241 g/mol. The number of alkyl halides is 1. The second-order valence-corrected chi connectivity index (χ2v) is 4.36. The van der Waals surface area contributed by atoms with Crippen molar-refractivity contribution in [3.63, 3.8) is 0 Å². The van der Waals surface area contributed by atoms with Crippen LogP contribution in [0.3, 0.4) is 0 Å². The summed E-state index contributed by atoms with van der Waals surface area (Å²) in [7, 11) is 0. The Balaban J connectivity index is 1.95. The molecule has 0 unspecified atom stereocenters. The second-order valence-electron chi connectivity index (χ2n) is 4.09. The molecule has 0 aliphatic carbocycles. The van der Waals surface area contributed by atoms with Gasteiger partial charge in [-0.1, -0.05) is 0 Å². The largest absolute Gasteiger partial charge is 0.341 e. The maximum atomic E-state index is 12.0. The predicted octanol–water partition coefficient (Wildman–Crippen LogP) is 1.63. The van der Waals surface area contributed by atoms with Gasteiger partial charge in [-0.3, -0.25) is 4.79 Å². The zero-order valence-electron chi connectivity index (χ0n) is 9.23. The number of halogens is 1. The molecule has 1 aromatic rings. The number of hydrogen-bond acceptors (Lipinski definition) is 2. The van der Waals surface area contributed by atoms with Crippen molar-refractivity contribution in [2.24, 2.45) is 0 Å². The molecule has 0 aromatic carbocycles. The normalized spacial score (nSPS) is 16.4. The van der Waals surface area contributed by atoms with E-state index in [2.05, 4.69) is 4.98 Å². The van der Waals surface area contributed by atoms with Crippen molar-refractivity contribution in [1.29, 1.82) is 0 Å². The molecule has 0 N–H and O–H groups in total. The Kier molecular flexibility index (Phi) is 3.83.